The Hall–Kier alpha value is -0.970. The second-order valence-corrected chi connectivity index (χ2v) is 4.58. The van der Waals surface area contributed by atoms with Crippen LogP contribution in [0.15, 0.2) is 0 Å². The number of hydrogen-bond donors (Lipinski definition) is 1. The highest BCUT2D eigenvalue weighted by Gasteiger charge is 2.24. The topological polar surface area (TPSA) is 64.6 Å². The first-order chi connectivity index (χ1) is 7.30. The summed E-state index contributed by atoms with van der Waals surface area (Å²) in [5.74, 6) is -0.290. The average molecular weight is 252 g/mol. The average Bonchev–Trinajstić information content (AvgIpc) is 2.13. The van der Waals surface area contributed by atoms with E-state index >= 15 is 0 Å². The second-order valence-electron chi connectivity index (χ2n) is 4.20. The second kappa shape index (κ2) is 6.58. The zero-order valence-corrected chi connectivity index (χ0v) is 10.8. The molecule has 5 nitrogen and oxygen atoms in total. The van der Waals surface area contributed by atoms with Crippen LogP contribution in [0.25, 0.3) is 0 Å². The highest BCUT2D eigenvalue weighted by molar-refractivity contribution is 6.18. The lowest BCUT2D eigenvalue weighted by atomic mass is 10.2. The number of carbonyl (C=O) groups is 2. The minimum absolute atomic E-state index is 0.246. The van der Waals surface area contributed by atoms with Gasteiger partial charge in [0.1, 0.15) is 11.6 Å². The Morgan fingerprint density at radius 1 is 1.38 bits per heavy atom. The molecule has 94 valence electrons. The lowest BCUT2D eigenvalue weighted by molar-refractivity contribution is -0.143. The summed E-state index contributed by atoms with van der Waals surface area (Å²) in [6.45, 7) is 5.21. The van der Waals surface area contributed by atoms with Crippen LogP contribution < -0.4 is 5.32 Å². The van der Waals surface area contributed by atoms with Crippen molar-refractivity contribution in [2.75, 3.05) is 13.0 Å². The summed E-state index contributed by atoms with van der Waals surface area (Å²) in [7, 11) is 1.25. The molecule has 0 fully saturated rings. The van der Waals surface area contributed by atoms with E-state index in [2.05, 4.69) is 10.1 Å². The zero-order valence-electron chi connectivity index (χ0n) is 10.0. The summed E-state index contributed by atoms with van der Waals surface area (Å²) >= 11 is 5.51. The van der Waals surface area contributed by atoms with Gasteiger partial charge in [-0.25, -0.2) is 9.59 Å². The fourth-order valence-electron chi connectivity index (χ4n) is 0.950. The molecule has 1 amide bonds. The van der Waals surface area contributed by atoms with Crippen molar-refractivity contribution in [2.24, 2.45) is 0 Å². The molecule has 0 heterocycles. The predicted molar refractivity (Wildman–Crippen MR) is 60.5 cm³/mol. The van der Waals surface area contributed by atoms with Gasteiger partial charge in [-0.1, -0.05) is 0 Å². The standard InChI is InChI=1S/C10H18ClNO4/c1-10(2,3)16-9(14)12-7(5-6-11)8(13)15-4/h7H,5-6H2,1-4H3,(H,12,14). The van der Waals surface area contributed by atoms with Crippen molar-refractivity contribution in [1.29, 1.82) is 0 Å². The van der Waals surface area contributed by atoms with Crippen LogP contribution in [-0.4, -0.2) is 36.7 Å². The molecule has 6 heteroatoms. The minimum Gasteiger partial charge on any atom is -0.467 e. The van der Waals surface area contributed by atoms with Crippen molar-refractivity contribution in [3.05, 3.63) is 0 Å². The highest BCUT2D eigenvalue weighted by Crippen LogP contribution is 2.07. The molecule has 0 aliphatic carbocycles. The van der Waals surface area contributed by atoms with E-state index in [-0.39, 0.29) is 5.88 Å². The molecule has 0 aromatic carbocycles. The Kier molecular flexibility index (Phi) is 6.18. The van der Waals surface area contributed by atoms with Crippen LogP contribution in [0.2, 0.25) is 0 Å². The van der Waals surface area contributed by atoms with Crippen LogP contribution >= 0.6 is 11.6 Å². The van der Waals surface area contributed by atoms with Crippen molar-refractivity contribution >= 4 is 23.7 Å². The molecule has 0 spiro atoms. The molecular formula is C10H18ClNO4. The number of ether oxygens (including phenoxy) is 2. The summed E-state index contributed by atoms with van der Waals surface area (Å²) < 4.78 is 9.54. The number of rotatable bonds is 4. The van der Waals surface area contributed by atoms with Crippen molar-refractivity contribution in [3.63, 3.8) is 0 Å². The maximum atomic E-state index is 11.4. The Bertz CT molecular complexity index is 250. The first kappa shape index (κ1) is 15.0. The van der Waals surface area contributed by atoms with Crippen LogP contribution in [0.5, 0.6) is 0 Å². The number of halogens is 1. The van der Waals surface area contributed by atoms with E-state index in [1.807, 2.05) is 0 Å². The molecule has 0 saturated carbocycles. The Morgan fingerprint density at radius 3 is 2.31 bits per heavy atom. The molecule has 0 aromatic rings. The van der Waals surface area contributed by atoms with Gasteiger partial charge in [0, 0.05) is 5.88 Å². The smallest absolute Gasteiger partial charge is 0.408 e. The van der Waals surface area contributed by atoms with Gasteiger partial charge in [-0.2, -0.15) is 0 Å². The van der Waals surface area contributed by atoms with Gasteiger partial charge in [0.15, 0.2) is 0 Å². The van der Waals surface area contributed by atoms with E-state index in [1.165, 1.54) is 7.11 Å². The molecule has 1 N–H and O–H groups in total. The summed E-state index contributed by atoms with van der Waals surface area (Å²) in [4.78, 5) is 22.6. The molecule has 1 atom stereocenters. The van der Waals surface area contributed by atoms with Gasteiger partial charge in [-0.3, -0.25) is 0 Å². The van der Waals surface area contributed by atoms with E-state index in [4.69, 9.17) is 16.3 Å². The largest absolute Gasteiger partial charge is 0.467 e. The molecule has 0 aliphatic rings. The molecule has 0 rings (SSSR count). The van der Waals surface area contributed by atoms with E-state index in [0.717, 1.165) is 0 Å². The molecule has 0 radical (unpaired) electrons. The number of carbonyl (C=O) groups excluding carboxylic acids is 2. The number of alkyl carbamates (subject to hydrolysis) is 1. The molecule has 16 heavy (non-hydrogen) atoms. The third-order valence-corrected chi connectivity index (χ3v) is 1.79. The van der Waals surface area contributed by atoms with Crippen LogP contribution in [0.3, 0.4) is 0 Å². The number of amides is 1. The Labute approximate surface area is 100 Å². The van der Waals surface area contributed by atoms with Crippen molar-refractivity contribution in [3.8, 4) is 0 Å². The Balaban J connectivity index is 4.29. The van der Waals surface area contributed by atoms with Gasteiger partial charge in [0.2, 0.25) is 0 Å². The number of methoxy groups -OCH3 is 1. The molecular weight excluding hydrogens is 234 g/mol. The Morgan fingerprint density at radius 2 is 1.94 bits per heavy atom. The third-order valence-electron chi connectivity index (χ3n) is 1.57. The molecule has 0 bridgehead atoms. The number of alkyl halides is 1. The zero-order chi connectivity index (χ0) is 12.8. The fraction of sp³-hybridized carbons (Fsp3) is 0.800. The monoisotopic (exact) mass is 251 g/mol. The lowest BCUT2D eigenvalue weighted by Crippen LogP contribution is -2.44. The van der Waals surface area contributed by atoms with Crippen molar-refractivity contribution in [1.82, 2.24) is 5.32 Å². The lowest BCUT2D eigenvalue weighted by Gasteiger charge is -2.22. The summed E-state index contributed by atoms with van der Waals surface area (Å²) in [6, 6.07) is -0.766. The molecule has 0 saturated heterocycles. The summed E-state index contributed by atoms with van der Waals surface area (Å²) in [5, 5.41) is 2.41. The van der Waals surface area contributed by atoms with E-state index in [9.17, 15) is 9.59 Å². The summed E-state index contributed by atoms with van der Waals surface area (Å²) in [6.07, 6.45) is -0.360. The maximum absolute atomic E-state index is 11.4. The van der Waals surface area contributed by atoms with Crippen molar-refractivity contribution in [2.45, 2.75) is 38.8 Å². The van der Waals surface area contributed by atoms with E-state index < -0.39 is 23.7 Å². The quantitative estimate of drug-likeness (QED) is 0.610. The fourth-order valence-corrected chi connectivity index (χ4v) is 1.17. The minimum atomic E-state index is -0.766. The van der Waals surface area contributed by atoms with Gasteiger partial charge < -0.3 is 14.8 Å². The maximum Gasteiger partial charge on any atom is 0.408 e. The van der Waals surface area contributed by atoms with E-state index in [1.54, 1.807) is 20.8 Å². The first-order valence-electron chi connectivity index (χ1n) is 4.93. The van der Waals surface area contributed by atoms with Gasteiger partial charge in [-0.05, 0) is 27.2 Å². The van der Waals surface area contributed by atoms with Crippen LogP contribution in [0.4, 0.5) is 4.79 Å². The van der Waals surface area contributed by atoms with Gasteiger partial charge >= 0.3 is 12.1 Å². The molecule has 0 aliphatic heterocycles. The highest BCUT2D eigenvalue weighted by atomic mass is 35.5. The number of nitrogens with one attached hydrogen (secondary N) is 1. The van der Waals surface area contributed by atoms with E-state index in [0.29, 0.717) is 6.42 Å². The first-order valence-corrected chi connectivity index (χ1v) is 5.47. The molecule has 0 aromatic heterocycles. The SMILES string of the molecule is COC(=O)C(CCCl)NC(=O)OC(C)(C)C. The van der Waals surface area contributed by atoms with Crippen LogP contribution in [0, 0.1) is 0 Å². The molecule has 1 unspecified atom stereocenters. The number of esters is 1. The number of hydrogen-bond acceptors (Lipinski definition) is 4. The predicted octanol–water partition coefficient (Wildman–Crippen LogP) is 1.68. The summed E-state index contributed by atoms with van der Waals surface area (Å²) in [5.41, 5.74) is -0.605. The normalized spacial score (nSPS) is 12.8. The van der Waals surface area contributed by atoms with Crippen molar-refractivity contribution < 1.29 is 19.1 Å². The third kappa shape index (κ3) is 6.50. The van der Waals surface area contributed by atoms with Crippen LogP contribution in [0.1, 0.15) is 27.2 Å². The van der Waals surface area contributed by atoms with Gasteiger partial charge in [-0.15, -0.1) is 11.6 Å². The van der Waals surface area contributed by atoms with Gasteiger partial charge in [0.25, 0.3) is 0 Å². The van der Waals surface area contributed by atoms with Gasteiger partial charge in [0.05, 0.1) is 7.11 Å². The van der Waals surface area contributed by atoms with Crippen LogP contribution in [-0.2, 0) is 14.3 Å².